The van der Waals surface area contributed by atoms with Crippen LogP contribution in [0.15, 0.2) is 0 Å². The number of H-pyrrole nitrogens is 1. The zero-order valence-electron chi connectivity index (χ0n) is 34.5. The molecule has 0 aliphatic heterocycles. The first-order valence-electron chi connectivity index (χ1n) is 20.8. The number of nitrogens with one attached hydrogen (secondary N) is 6. The number of alkyl halides is 1. The zero-order valence-corrected chi connectivity index (χ0v) is 36.9. The van der Waals surface area contributed by atoms with Gasteiger partial charge in [-0.1, -0.05) is 91.8 Å². The first-order valence-corrected chi connectivity index (χ1v) is 23.6. The second kappa shape index (κ2) is 37.7. The van der Waals surface area contributed by atoms with Gasteiger partial charge in [0.15, 0.2) is 5.82 Å². The summed E-state index contributed by atoms with van der Waals surface area (Å²) in [5.74, 6) is -1.15. The Bertz CT molecular complexity index is 1360. The summed E-state index contributed by atoms with van der Waals surface area (Å²) in [6.07, 6.45) is 15.8. The fraction of sp³-hybridized carbons (Fsp3) is 0.838. The molecule has 340 valence electrons. The van der Waals surface area contributed by atoms with Gasteiger partial charge in [-0.15, -0.1) is 10.2 Å². The van der Waals surface area contributed by atoms with E-state index in [1.54, 1.807) is 0 Å². The molecule has 1 aromatic rings. The second-order valence-corrected chi connectivity index (χ2v) is 16.1. The lowest BCUT2D eigenvalue weighted by Gasteiger charge is -2.09. The van der Waals surface area contributed by atoms with Crippen molar-refractivity contribution in [3.8, 4) is 0 Å². The van der Waals surface area contributed by atoms with Gasteiger partial charge in [0.1, 0.15) is 13.2 Å². The first kappa shape index (κ1) is 53.7. The number of ether oxygens (including phenoxy) is 4. The smallest absolute Gasteiger partial charge is 0.246 e. The molecule has 0 radical (unpaired) electrons. The quantitative estimate of drug-likeness (QED) is 0.0400. The Morgan fingerprint density at radius 2 is 0.983 bits per heavy atom. The number of carbonyl (C=O) groups is 5. The molecule has 20 nitrogen and oxygen atoms in total. The summed E-state index contributed by atoms with van der Waals surface area (Å²) in [6, 6.07) is 0. The highest BCUT2D eigenvalue weighted by Crippen LogP contribution is 2.13. The van der Waals surface area contributed by atoms with Crippen molar-refractivity contribution in [3.05, 3.63) is 5.82 Å². The van der Waals surface area contributed by atoms with E-state index in [9.17, 15) is 32.4 Å². The predicted molar refractivity (Wildman–Crippen MR) is 223 cm³/mol. The van der Waals surface area contributed by atoms with Gasteiger partial charge in [0, 0.05) is 45.4 Å². The Morgan fingerprint density at radius 1 is 0.525 bits per heavy atom. The van der Waals surface area contributed by atoms with Crippen molar-refractivity contribution in [2.45, 2.75) is 109 Å². The van der Waals surface area contributed by atoms with Crippen LogP contribution >= 0.6 is 15.9 Å². The van der Waals surface area contributed by atoms with E-state index in [0.717, 1.165) is 37.9 Å². The van der Waals surface area contributed by atoms with E-state index >= 15 is 0 Å². The largest absolute Gasteiger partial charge is 0.377 e. The average molecular weight is 927 g/mol. The summed E-state index contributed by atoms with van der Waals surface area (Å²) >= 11 is 3.03. The first-order chi connectivity index (χ1) is 28.6. The van der Waals surface area contributed by atoms with Gasteiger partial charge < -0.3 is 40.2 Å². The lowest BCUT2D eigenvalue weighted by atomic mass is 10.0. The average Bonchev–Trinajstić information content (AvgIpc) is 3.73. The molecular formula is C37H68BrN9O11S. The SMILES string of the molecule is O=C(CBr)NCCNC(=O)COCCOCCNC(=O)COCCOCCNC(=O)CCCS(=O)(=O)NC(=O)CCCCCCCCCCCCCCCc1nn[nH]n1. The van der Waals surface area contributed by atoms with Gasteiger partial charge in [0.2, 0.25) is 39.6 Å². The second-order valence-electron chi connectivity index (χ2n) is 13.7. The molecular weight excluding hydrogens is 858 g/mol. The Kier molecular flexibility index (Phi) is 34.3. The molecule has 1 heterocycles. The number of aromatic amines is 1. The van der Waals surface area contributed by atoms with Crippen LogP contribution in [-0.4, -0.2) is 149 Å². The van der Waals surface area contributed by atoms with Crippen LogP contribution in [-0.2, 0) is 59.4 Å². The third kappa shape index (κ3) is 36.3. The summed E-state index contributed by atoms with van der Waals surface area (Å²) in [6.45, 7) is 2.15. The number of aryl methyl sites for hydroxylation is 1. The molecule has 0 spiro atoms. The van der Waals surface area contributed by atoms with E-state index in [1.165, 1.54) is 51.4 Å². The molecule has 0 bridgehead atoms. The third-order valence-electron chi connectivity index (χ3n) is 8.52. The summed E-state index contributed by atoms with van der Waals surface area (Å²) < 4.78 is 47.8. The summed E-state index contributed by atoms with van der Waals surface area (Å²) in [4.78, 5) is 58.7. The highest BCUT2D eigenvalue weighted by molar-refractivity contribution is 9.09. The number of halogens is 1. The van der Waals surface area contributed by atoms with E-state index in [1.807, 2.05) is 0 Å². The highest BCUT2D eigenvalue weighted by atomic mass is 79.9. The predicted octanol–water partition coefficient (Wildman–Crippen LogP) is 1.36. The molecule has 22 heteroatoms. The van der Waals surface area contributed by atoms with Crippen LogP contribution in [0.4, 0.5) is 0 Å². The fourth-order valence-corrected chi connectivity index (χ4v) is 6.71. The maximum absolute atomic E-state index is 12.3. The minimum absolute atomic E-state index is 0.00350. The van der Waals surface area contributed by atoms with Crippen molar-refractivity contribution >= 4 is 55.5 Å². The van der Waals surface area contributed by atoms with Crippen molar-refractivity contribution in [3.63, 3.8) is 0 Å². The highest BCUT2D eigenvalue weighted by Gasteiger charge is 2.15. The molecule has 0 aliphatic carbocycles. The number of hydrogen-bond acceptors (Lipinski definition) is 14. The molecule has 1 rings (SSSR count). The van der Waals surface area contributed by atoms with Crippen LogP contribution in [0.2, 0.25) is 0 Å². The molecule has 0 atom stereocenters. The molecule has 0 saturated carbocycles. The number of hydrogen-bond donors (Lipinski definition) is 6. The van der Waals surface area contributed by atoms with Crippen LogP contribution in [0.3, 0.4) is 0 Å². The van der Waals surface area contributed by atoms with Crippen LogP contribution in [0.1, 0.15) is 109 Å². The van der Waals surface area contributed by atoms with Gasteiger partial charge in [-0.05, 0) is 19.3 Å². The number of unbranched alkanes of at least 4 members (excludes halogenated alkanes) is 12. The minimum Gasteiger partial charge on any atom is -0.377 e. The van der Waals surface area contributed by atoms with Crippen molar-refractivity contribution < 1.29 is 51.3 Å². The Balaban J connectivity index is 1.84. The number of carbonyl (C=O) groups excluding carboxylic acids is 5. The number of amides is 5. The van der Waals surface area contributed by atoms with E-state index in [-0.39, 0.29) is 120 Å². The minimum atomic E-state index is -3.80. The van der Waals surface area contributed by atoms with Crippen LogP contribution < -0.4 is 26.0 Å². The van der Waals surface area contributed by atoms with Crippen LogP contribution in [0, 0.1) is 0 Å². The molecule has 0 saturated heterocycles. The monoisotopic (exact) mass is 925 g/mol. The van der Waals surface area contributed by atoms with Crippen molar-refractivity contribution in [2.24, 2.45) is 0 Å². The summed E-state index contributed by atoms with van der Waals surface area (Å²) in [5, 5.41) is 24.7. The fourth-order valence-electron chi connectivity index (χ4n) is 5.44. The van der Waals surface area contributed by atoms with Crippen molar-refractivity contribution in [1.29, 1.82) is 0 Å². The van der Waals surface area contributed by atoms with Gasteiger partial charge in [0.05, 0.1) is 50.7 Å². The number of aromatic nitrogens is 4. The van der Waals surface area contributed by atoms with E-state index in [0.29, 0.717) is 19.5 Å². The molecule has 5 amide bonds. The van der Waals surface area contributed by atoms with E-state index in [2.05, 4.69) is 62.5 Å². The van der Waals surface area contributed by atoms with Crippen LogP contribution in [0.5, 0.6) is 0 Å². The van der Waals surface area contributed by atoms with Gasteiger partial charge >= 0.3 is 0 Å². The molecule has 6 N–H and O–H groups in total. The van der Waals surface area contributed by atoms with Crippen molar-refractivity contribution in [1.82, 2.24) is 46.6 Å². The normalized spacial score (nSPS) is 11.3. The number of sulfonamides is 1. The number of tetrazole rings is 1. The molecule has 0 aromatic carbocycles. The summed E-state index contributed by atoms with van der Waals surface area (Å²) in [5.41, 5.74) is 0. The van der Waals surface area contributed by atoms with Crippen LogP contribution in [0.25, 0.3) is 0 Å². The Morgan fingerprint density at radius 3 is 1.51 bits per heavy atom. The lowest BCUT2D eigenvalue weighted by molar-refractivity contribution is -0.127. The van der Waals surface area contributed by atoms with Gasteiger partial charge in [0.25, 0.3) is 0 Å². The van der Waals surface area contributed by atoms with Crippen molar-refractivity contribution in [2.75, 3.05) is 90.1 Å². The van der Waals surface area contributed by atoms with E-state index < -0.39 is 15.9 Å². The van der Waals surface area contributed by atoms with Gasteiger partial charge in [-0.25, -0.2) is 8.42 Å². The number of rotatable bonds is 41. The molecule has 0 fully saturated rings. The standard InChI is InChI=1S/C37H68BrN9O11S/c38-29-35(50)39-18-19-40-36(51)30-57-26-25-56-23-21-42-37(52)31-58-27-24-55-22-20-41-33(48)17-14-28-59(53,54)45-34(49)16-13-11-9-7-5-3-1-2-4-6-8-10-12-15-32-43-46-47-44-32/h1-31H2,(H,39,50)(H,40,51)(H,41,48)(H,42,52)(H,45,49)(H,43,44,46,47). The molecule has 0 aliphatic rings. The molecule has 0 unspecified atom stereocenters. The Hall–Kier alpha value is -3.31. The molecule has 1 aromatic heterocycles. The maximum atomic E-state index is 12.3. The van der Waals surface area contributed by atoms with Gasteiger partial charge in [-0.3, -0.25) is 28.7 Å². The lowest BCUT2D eigenvalue weighted by Crippen LogP contribution is -2.36. The van der Waals surface area contributed by atoms with Gasteiger partial charge in [-0.2, -0.15) is 5.21 Å². The maximum Gasteiger partial charge on any atom is 0.246 e. The third-order valence-corrected chi connectivity index (χ3v) is 10.4. The molecule has 59 heavy (non-hydrogen) atoms. The topological polar surface area (TPSA) is 271 Å². The summed E-state index contributed by atoms with van der Waals surface area (Å²) in [7, 11) is -3.80. The Labute approximate surface area is 357 Å². The van der Waals surface area contributed by atoms with E-state index in [4.69, 9.17) is 18.9 Å². The number of nitrogens with zero attached hydrogens (tertiary/aromatic N) is 3. The zero-order chi connectivity index (χ0) is 43.1.